The fourth-order valence-corrected chi connectivity index (χ4v) is 2.89. The van der Waals surface area contributed by atoms with Gasteiger partial charge in [-0.2, -0.15) is 0 Å². The molecule has 0 aliphatic carbocycles. The van der Waals surface area contributed by atoms with Crippen LogP contribution in [0.1, 0.15) is 40.3 Å². The van der Waals surface area contributed by atoms with E-state index in [1.54, 1.807) is 12.1 Å². The Balaban J connectivity index is 1.91. The molecule has 5 nitrogen and oxygen atoms in total. The highest BCUT2D eigenvalue weighted by molar-refractivity contribution is 5.97. The lowest BCUT2D eigenvalue weighted by Gasteiger charge is -2.19. The van der Waals surface area contributed by atoms with Crippen molar-refractivity contribution in [1.82, 2.24) is 0 Å². The molecule has 0 amide bonds. The van der Waals surface area contributed by atoms with E-state index in [9.17, 15) is 9.90 Å². The largest absolute Gasteiger partial charge is 0.488 e. The summed E-state index contributed by atoms with van der Waals surface area (Å²) in [6.45, 7) is 2.07. The molecule has 5 heteroatoms. The van der Waals surface area contributed by atoms with Gasteiger partial charge in [0.15, 0.2) is 12.1 Å². The molecule has 3 aromatic rings. The number of benzene rings is 3. The normalized spacial score (nSPS) is 11.7. The standard InChI is InChI=1S/C24H24O5/c1-17(25)20-13-21(24(26)27-2)23(29-16-19-11-7-4-8-12-19)14-22(20)28-15-18-9-5-3-6-10-18/h3-14,24,26H,15-16H2,1-2H3. The number of hydrogen-bond acceptors (Lipinski definition) is 5. The van der Waals surface area contributed by atoms with Gasteiger partial charge >= 0.3 is 0 Å². The molecule has 0 fully saturated rings. The highest BCUT2D eigenvalue weighted by Gasteiger charge is 2.20. The number of ketones is 1. The molecular formula is C24H24O5. The molecule has 0 heterocycles. The van der Waals surface area contributed by atoms with Gasteiger partial charge in [0.25, 0.3) is 0 Å². The summed E-state index contributed by atoms with van der Waals surface area (Å²) in [7, 11) is 1.39. The van der Waals surface area contributed by atoms with Gasteiger partial charge in [-0.15, -0.1) is 0 Å². The van der Waals surface area contributed by atoms with Crippen LogP contribution in [0, 0.1) is 0 Å². The number of rotatable bonds is 9. The van der Waals surface area contributed by atoms with Gasteiger partial charge in [-0.05, 0) is 24.1 Å². The highest BCUT2D eigenvalue weighted by atomic mass is 16.6. The molecule has 0 aromatic heterocycles. The van der Waals surface area contributed by atoms with E-state index in [2.05, 4.69) is 0 Å². The lowest BCUT2D eigenvalue weighted by molar-refractivity contribution is -0.0784. The Morgan fingerprint density at radius 3 is 1.86 bits per heavy atom. The van der Waals surface area contributed by atoms with Crippen LogP contribution in [0.5, 0.6) is 11.5 Å². The first kappa shape index (κ1) is 20.6. The van der Waals surface area contributed by atoms with Crippen LogP contribution in [0.4, 0.5) is 0 Å². The monoisotopic (exact) mass is 392 g/mol. The summed E-state index contributed by atoms with van der Waals surface area (Å²) in [5.41, 5.74) is 2.70. The predicted octanol–water partition coefficient (Wildman–Crippen LogP) is 4.68. The number of hydrogen-bond donors (Lipinski definition) is 1. The average molecular weight is 392 g/mol. The summed E-state index contributed by atoms with van der Waals surface area (Å²) in [4.78, 5) is 12.2. The van der Waals surface area contributed by atoms with Gasteiger partial charge in [0, 0.05) is 13.2 Å². The number of carbonyl (C=O) groups is 1. The summed E-state index contributed by atoms with van der Waals surface area (Å²) in [5, 5.41) is 10.3. The van der Waals surface area contributed by atoms with Crippen LogP contribution < -0.4 is 9.47 Å². The third-order valence-electron chi connectivity index (χ3n) is 4.45. The lowest BCUT2D eigenvalue weighted by Crippen LogP contribution is -2.09. The number of aliphatic hydroxyl groups is 1. The molecule has 0 saturated heterocycles. The molecule has 0 saturated carbocycles. The van der Waals surface area contributed by atoms with E-state index >= 15 is 0 Å². The Morgan fingerprint density at radius 1 is 0.862 bits per heavy atom. The van der Waals surface area contributed by atoms with Gasteiger partial charge in [0.2, 0.25) is 0 Å². The first-order valence-electron chi connectivity index (χ1n) is 9.31. The molecule has 1 unspecified atom stereocenters. The third kappa shape index (κ3) is 5.44. The van der Waals surface area contributed by atoms with Gasteiger partial charge in [0.1, 0.15) is 24.7 Å². The van der Waals surface area contributed by atoms with E-state index in [1.807, 2.05) is 60.7 Å². The van der Waals surface area contributed by atoms with Crippen LogP contribution in [-0.4, -0.2) is 18.0 Å². The molecule has 0 spiro atoms. The van der Waals surface area contributed by atoms with Crippen molar-refractivity contribution in [3.8, 4) is 11.5 Å². The molecule has 3 aromatic carbocycles. The summed E-state index contributed by atoms with van der Waals surface area (Å²) < 4.78 is 16.9. The maximum Gasteiger partial charge on any atom is 0.184 e. The van der Waals surface area contributed by atoms with Crippen molar-refractivity contribution in [2.75, 3.05) is 7.11 Å². The number of carbonyl (C=O) groups excluding carboxylic acids is 1. The van der Waals surface area contributed by atoms with Gasteiger partial charge in [-0.1, -0.05) is 60.7 Å². The average Bonchev–Trinajstić information content (AvgIpc) is 2.76. The summed E-state index contributed by atoms with van der Waals surface area (Å²) in [6.07, 6.45) is -1.22. The zero-order valence-electron chi connectivity index (χ0n) is 16.5. The maximum absolute atomic E-state index is 12.2. The third-order valence-corrected chi connectivity index (χ3v) is 4.45. The maximum atomic E-state index is 12.2. The smallest absolute Gasteiger partial charge is 0.184 e. The van der Waals surface area contributed by atoms with Crippen LogP contribution in [0.2, 0.25) is 0 Å². The van der Waals surface area contributed by atoms with Crippen molar-refractivity contribution >= 4 is 5.78 Å². The van der Waals surface area contributed by atoms with E-state index < -0.39 is 6.29 Å². The van der Waals surface area contributed by atoms with Crippen molar-refractivity contribution in [2.45, 2.75) is 26.4 Å². The van der Waals surface area contributed by atoms with Crippen molar-refractivity contribution in [2.24, 2.45) is 0 Å². The zero-order valence-corrected chi connectivity index (χ0v) is 16.5. The SMILES string of the molecule is COC(O)c1cc(C(C)=O)c(OCc2ccccc2)cc1OCc1ccccc1. The molecule has 0 radical (unpaired) electrons. The molecular weight excluding hydrogens is 368 g/mol. The van der Waals surface area contributed by atoms with Gasteiger partial charge in [-0.25, -0.2) is 0 Å². The predicted molar refractivity (Wildman–Crippen MR) is 110 cm³/mol. The fourth-order valence-electron chi connectivity index (χ4n) is 2.89. The summed E-state index contributed by atoms with van der Waals surface area (Å²) in [5.74, 6) is 0.625. The van der Waals surface area contributed by atoms with E-state index in [0.717, 1.165) is 11.1 Å². The highest BCUT2D eigenvalue weighted by Crippen LogP contribution is 2.34. The molecule has 1 N–H and O–H groups in total. The lowest BCUT2D eigenvalue weighted by atomic mass is 10.0. The van der Waals surface area contributed by atoms with E-state index in [4.69, 9.17) is 14.2 Å². The fraction of sp³-hybridized carbons (Fsp3) is 0.208. The summed E-state index contributed by atoms with van der Waals surface area (Å²) in [6, 6.07) is 22.6. The number of methoxy groups -OCH3 is 1. The van der Waals surface area contributed by atoms with Crippen LogP contribution in [0.3, 0.4) is 0 Å². The minimum Gasteiger partial charge on any atom is -0.488 e. The molecule has 150 valence electrons. The van der Waals surface area contributed by atoms with E-state index in [1.165, 1.54) is 14.0 Å². The quantitative estimate of drug-likeness (QED) is 0.423. The number of Topliss-reactive ketones (excluding diaryl/α,β-unsaturated/α-hetero) is 1. The van der Waals surface area contributed by atoms with Crippen molar-refractivity contribution in [1.29, 1.82) is 0 Å². The number of aliphatic hydroxyl groups excluding tert-OH is 1. The van der Waals surface area contributed by atoms with Crippen LogP contribution >= 0.6 is 0 Å². The van der Waals surface area contributed by atoms with Crippen LogP contribution in [0.15, 0.2) is 72.8 Å². The molecule has 1 atom stereocenters. The Bertz CT molecular complexity index is 938. The Labute approximate surface area is 170 Å². The Morgan fingerprint density at radius 2 is 1.38 bits per heavy atom. The van der Waals surface area contributed by atoms with Crippen LogP contribution in [0.25, 0.3) is 0 Å². The molecule has 0 bridgehead atoms. The minimum absolute atomic E-state index is 0.174. The minimum atomic E-state index is -1.22. The van der Waals surface area contributed by atoms with E-state index in [0.29, 0.717) is 35.8 Å². The molecule has 3 rings (SSSR count). The van der Waals surface area contributed by atoms with Crippen molar-refractivity contribution in [3.63, 3.8) is 0 Å². The second-order valence-electron chi connectivity index (χ2n) is 6.58. The first-order valence-corrected chi connectivity index (χ1v) is 9.31. The van der Waals surface area contributed by atoms with Crippen LogP contribution in [-0.2, 0) is 18.0 Å². The molecule has 0 aliphatic rings. The van der Waals surface area contributed by atoms with Crippen molar-refractivity contribution < 1.29 is 24.1 Å². The molecule has 0 aliphatic heterocycles. The van der Waals surface area contributed by atoms with Gasteiger partial charge in [0.05, 0.1) is 11.1 Å². The Hall–Kier alpha value is -3.15. The van der Waals surface area contributed by atoms with Crippen molar-refractivity contribution in [3.05, 3.63) is 95.1 Å². The second kappa shape index (κ2) is 9.87. The first-order chi connectivity index (χ1) is 14.1. The second-order valence-corrected chi connectivity index (χ2v) is 6.58. The molecule has 29 heavy (non-hydrogen) atoms. The zero-order chi connectivity index (χ0) is 20.6. The van der Waals surface area contributed by atoms with Gasteiger partial charge in [-0.3, -0.25) is 4.79 Å². The van der Waals surface area contributed by atoms with E-state index in [-0.39, 0.29) is 5.78 Å². The van der Waals surface area contributed by atoms with Gasteiger partial charge < -0.3 is 19.3 Å². The number of ether oxygens (including phenoxy) is 3. The Kier molecular flexibility index (Phi) is 7.00. The summed E-state index contributed by atoms with van der Waals surface area (Å²) >= 11 is 0. The topological polar surface area (TPSA) is 65.0 Å².